The summed E-state index contributed by atoms with van der Waals surface area (Å²) >= 11 is 0. The van der Waals surface area contributed by atoms with Gasteiger partial charge in [0, 0.05) is 6.54 Å². The van der Waals surface area contributed by atoms with Gasteiger partial charge in [-0.2, -0.15) is 5.26 Å². The highest BCUT2D eigenvalue weighted by molar-refractivity contribution is 7.89. The fraction of sp³-hybridized carbons (Fsp3) is 0.364. The lowest BCUT2D eigenvalue weighted by Crippen LogP contribution is -2.22. The number of nitrogens with zero attached hydrogens (tertiary/aromatic N) is 1. The molecule has 0 fully saturated rings. The second-order valence-electron chi connectivity index (χ2n) is 3.67. The summed E-state index contributed by atoms with van der Waals surface area (Å²) in [5.41, 5.74) is 1.54. The maximum atomic E-state index is 10.7. The molecule has 0 saturated heterocycles. The topological polar surface area (TPSA) is 96.0 Å². The van der Waals surface area contributed by atoms with E-state index >= 15 is 0 Å². The van der Waals surface area contributed by atoms with Crippen molar-refractivity contribution >= 4 is 10.0 Å². The van der Waals surface area contributed by atoms with Crippen LogP contribution in [0.2, 0.25) is 0 Å². The van der Waals surface area contributed by atoms with Crippen molar-refractivity contribution in [1.82, 2.24) is 5.32 Å². The first-order valence-corrected chi connectivity index (χ1v) is 6.93. The van der Waals surface area contributed by atoms with Crippen molar-refractivity contribution in [3.05, 3.63) is 35.4 Å². The molecule has 6 heteroatoms. The first kappa shape index (κ1) is 13.6. The molecule has 0 aliphatic carbocycles. The van der Waals surface area contributed by atoms with E-state index in [-0.39, 0.29) is 5.75 Å². The third kappa shape index (κ3) is 5.45. The Hall–Kier alpha value is -1.42. The van der Waals surface area contributed by atoms with Crippen LogP contribution < -0.4 is 10.5 Å². The minimum atomic E-state index is -3.37. The monoisotopic (exact) mass is 253 g/mol. The van der Waals surface area contributed by atoms with Crippen LogP contribution in [0.4, 0.5) is 0 Å². The second-order valence-corrected chi connectivity index (χ2v) is 5.40. The molecule has 92 valence electrons. The molecule has 0 aromatic heterocycles. The van der Waals surface area contributed by atoms with Crippen LogP contribution >= 0.6 is 0 Å². The molecule has 1 aromatic carbocycles. The summed E-state index contributed by atoms with van der Waals surface area (Å²) < 4.78 is 21.3. The standard InChI is InChI=1S/C11H15N3O2S/c12-8-10-4-1-2-5-11(10)9-14-6-3-7-17(13,15)16/h1-2,4-5,14H,3,6-7,9H2,(H2,13,15,16). The second kappa shape index (κ2) is 6.35. The van der Waals surface area contributed by atoms with Crippen LogP contribution in [0.3, 0.4) is 0 Å². The number of nitrogens with two attached hydrogens (primary N) is 1. The van der Waals surface area contributed by atoms with Crippen LogP contribution in [0.15, 0.2) is 24.3 Å². The summed E-state index contributed by atoms with van der Waals surface area (Å²) in [7, 11) is -3.37. The minimum Gasteiger partial charge on any atom is -0.313 e. The number of primary sulfonamides is 1. The van der Waals surface area contributed by atoms with Crippen LogP contribution in [-0.2, 0) is 16.6 Å². The molecular weight excluding hydrogens is 238 g/mol. The summed E-state index contributed by atoms with van der Waals surface area (Å²) in [5.74, 6) is -0.0279. The first-order chi connectivity index (χ1) is 8.03. The zero-order valence-corrected chi connectivity index (χ0v) is 10.2. The van der Waals surface area contributed by atoms with E-state index in [4.69, 9.17) is 10.4 Å². The van der Waals surface area contributed by atoms with Crippen LogP contribution in [0.1, 0.15) is 17.5 Å². The summed E-state index contributed by atoms with van der Waals surface area (Å²) in [6.07, 6.45) is 0.466. The van der Waals surface area contributed by atoms with Crippen LogP contribution in [0.25, 0.3) is 0 Å². The molecule has 0 bridgehead atoms. The van der Waals surface area contributed by atoms with E-state index in [1.807, 2.05) is 18.2 Å². The van der Waals surface area contributed by atoms with Gasteiger partial charge in [0.05, 0.1) is 17.4 Å². The number of hydrogen-bond acceptors (Lipinski definition) is 4. The van der Waals surface area contributed by atoms with Crippen molar-refractivity contribution in [1.29, 1.82) is 5.26 Å². The zero-order valence-electron chi connectivity index (χ0n) is 9.39. The van der Waals surface area contributed by atoms with Gasteiger partial charge in [0.1, 0.15) is 0 Å². The quantitative estimate of drug-likeness (QED) is 0.714. The maximum absolute atomic E-state index is 10.7. The molecule has 0 atom stereocenters. The molecule has 0 saturated carbocycles. The van der Waals surface area contributed by atoms with Crippen molar-refractivity contribution in [2.45, 2.75) is 13.0 Å². The Balaban J connectivity index is 2.34. The Kier molecular flexibility index (Phi) is 5.10. The van der Waals surface area contributed by atoms with E-state index < -0.39 is 10.0 Å². The highest BCUT2D eigenvalue weighted by atomic mass is 32.2. The smallest absolute Gasteiger partial charge is 0.209 e. The third-order valence-corrected chi connectivity index (χ3v) is 3.09. The molecule has 0 radical (unpaired) electrons. The summed E-state index contributed by atoms with van der Waals surface area (Å²) in [6, 6.07) is 9.39. The van der Waals surface area contributed by atoms with Crippen LogP contribution in [-0.4, -0.2) is 20.7 Å². The Labute approximate surface area is 101 Å². The van der Waals surface area contributed by atoms with Gasteiger partial charge in [-0.05, 0) is 24.6 Å². The van der Waals surface area contributed by atoms with Gasteiger partial charge in [-0.25, -0.2) is 13.6 Å². The van der Waals surface area contributed by atoms with Crippen LogP contribution in [0.5, 0.6) is 0 Å². The molecule has 0 amide bonds. The minimum absolute atomic E-state index is 0.0279. The van der Waals surface area contributed by atoms with Gasteiger partial charge in [0.2, 0.25) is 10.0 Å². The molecular formula is C11H15N3O2S. The predicted octanol–water partition coefficient (Wildman–Crippen LogP) is 0.326. The molecule has 0 aliphatic rings. The van der Waals surface area contributed by atoms with E-state index in [1.54, 1.807) is 6.07 Å². The Bertz CT molecular complexity index is 506. The lowest BCUT2D eigenvalue weighted by Gasteiger charge is -2.05. The van der Waals surface area contributed by atoms with Gasteiger partial charge in [-0.3, -0.25) is 0 Å². The van der Waals surface area contributed by atoms with Gasteiger partial charge in [0.25, 0.3) is 0 Å². The Morgan fingerprint density at radius 1 is 1.35 bits per heavy atom. The molecule has 17 heavy (non-hydrogen) atoms. The van der Waals surface area contributed by atoms with Crippen molar-refractivity contribution in [2.75, 3.05) is 12.3 Å². The van der Waals surface area contributed by atoms with E-state index in [9.17, 15) is 8.42 Å². The summed E-state index contributed by atoms with van der Waals surface area (Å²) in [5, 5.41) is 16.8. The van der Waals surface area contributed by atoms with Crippen molar-refractivity contribution in [2.24, 2.45) is 5.14 Å². The molecule has 0 aliphatic heterocycles. The van der Waals surface area contributed by atoms with Crippen molar-refractivity contribution < 1.29 is 8.42 Å². The number of hydrogen-bond donors (Lipinski definition) is 2. The Morgan fingerprint density at radius 2 is 2.06 bits per heavy atom. The fourth-order valence-electron chi connectivity index (χ4n) is 1.40. The number of benzene rings is 1. The van der Waals surface area contributed by atoms with Gasteiger partial charge in [-0.1, -0.05) is 18.2 Å². The Morgan fingerprint density at radius 3 is 2.71 bits per heavy atom. The number of rotatable bonds is 6. The van der Waals surface area contributed by atoms with E-state index in [0.717, 1.165) is 5.56 Å². The molecule has 3 N–H and O–H groups in total. The molecule has 0 unspecified atom stereocenters. The van der Waals surface area contributed by atoms with Crippen molar-refractivity contribution in [3.63, 3.8) is 0 Å². The van der Waals surface area contributed by atoms with Crippen molar-refractivity contribution in [3.8, 4) is 6.07 Å². The number of nitrogens with one attached hydrogen (secondary N) is 1. The highest BCUT2D eigenvalue weighted by Crippen LogP contribution is 2.06. The normalized spacial score (nSPS) is 11.1. The predicted molar refractivity (Wildman–Crippen MR) is 65.5 cm³/mol. The zero-order chi connectivity index (χ0) is 12.7. The number of nitriles is 1. The molecule has 5 nitrogen and oxygen atoms in total. The molecule has 1 aromatic rings. The highest BCUT2D eigenvalue weighted by Gasteiger charge is 2.02. The van der Waals surface area contributed by atoms with E-state index in [1.165, 1.54) is 0 Å². The van der Waals surface area contributed by atoms with Gasteiger partial charge >= 0.3 is 0 Å². The van der Waals surface area contributed by atoms with Crippen LogP contribution in [0, 0.1) is 11.3 Å². The SMILES string of the molecule is N#Cc1ccccc1CNCCCS(N)(=O)=O. The maximum Gasteiger partial charge on any atom is 0.209 e. The van der Waals surface area contributed by atoms with Gasteiger partial charge in [-0.15, -0.1) is 0 Å². The fourth-order valence-corrected chi connectivity index (χ4v) is 1.95. The third-order valence-electron chi connectivity index (χ3n) is 2.24. The lowest BCUT2D eigenvalue weighted by atomic mass is 10.1. The summed E-state index contributed by atoms with van der Waals surface area (Å²) in [4.78, 5) is 0. The average Bonchev–Trinajstić information content (AvgIpc) is 2.27. The van der Waals surface area contributed by atoms with E-state index in [0.29, 0.717) is 25.1 Å². The van der Waals surface area contributed by atoms with Gasteiger partial charge in [0.15, 0.2) is 0 Å². The van der Waals surface area contributed by atoms with Gasteiger partial charge < -0.3 is 5.32 Å². The molecule has 1 rings (SSSR count). The summed E-state index contributed by atoms with van der Waals surface area (Å²) in [6.45, 7) is 1.10. The lowest BCUT2D eigenvalue weighted by molar-refractivity contribution is 0.590. The van der Waals surface area contributed by atoms with E-state index in [2.05, 4.69) is 11.4 Å². The molecule has 0 heterocycles. The number of sulfonamides is 1. The first-order valence-electron chi connectivity index (χ1n) is 5.22. The largest absolute Gasteiger partial charge is 0.313 e. The average molecular weight is 253 g/mol. The molecule has 0 spiro atoms.